The van der Waals surface area contributed by atoms with Crippen LogP contribution in [0.25, 0.3) is 0 Å². The quantitative estimate of drug-likeness (QED) is 0.884. The molecule has 1 N–H and O–H groups in total. The number of nitrogens with zero attached hydrogens (tertiary/aromatic N) is 3. The number of hydrogen-bond donors (Lipinski definition) is 1. The number of halogens is 1. The van der Waals surface area contributed by atoms with E-state index in [0.717, 1.165) is 30.0 Å². The molecule has 2 heterocycles. The molecule has 1 aromatic carbocycles. The summed E-state index contributed by atoms with van der Waals surface area (Å²) in [5.74, 6) is 0.607. The molecule has 0 atom stereocenters. The maximum atomic E-state index is 12.2. The summed E-state index contributed by atoms with van der Waals surface area (Å²) in [5.41, 5.74) is 2.49. The number of hydrogen-bond acceptors (Lipinski definition) is 5. The first-order valence-electron chi connectivity index (χ1n) is 8.29. The Bertz CT molecular complexity index is 748. The highest BCUT2D eigenvalue weighted by Crippen LogP contribution is 2.15. The second kappa shape index (κ2) is 8.27. The fourth-order valence-corrected chi connectivity index (χ4v) is 2.88. The SMILES string of the molecule is Cc1cc(CNC(=O)Cc2ccccc2Cl)nc(N2CCOCC2)n1. The summed E-state index contributed by atoms with van der Waals surface area (Å²) >= 11 is 6.10. The highest BCUT2D eigenvalue weighted by molar-refractivity contribution is 6.31. The van der Waals surface area contributed by atoms with Gasteiger partial charge < -0.3 is 15.0 Å². The second-order valence-electron chi connectivity index (χ2n) is 5.94. The van der Waals surface area contributed by atoms with Gasteiger partial charge in [-0.1, -0.05) is 29.8 Å². The van der Waals surface area contributed by atoms with E-state index in [9.17, 15) is 4.79 Å². The number of benzene rings is 1. The van der Waals surface area contributed by atoms with Crippen molar-refractivity contribution in [3.05, 3.63) is 52.3 Å². The second-order valence-corrected chi connectivity index (χ2v) is 6.35. The third-order valence-electron chi connectivity index (χ3n) is 3.96. The van der Waals surface area contributed by atoms with Crippen molar-refractivity contribution in [1.29, 1.82) is 0 Å². The third-order valence-corrected chi connectivity index (χ3v) is 4.33. The Kier molecular flexibility index (Phi) is 5.83. The van der Waals surface area contributed by atoms with Crippen LogP contribution < -0.4 is 10.2 Å². The molecule has 0 saturated carbocycles. The molecule has 0 radical (unpaired) electrons. The zero-order chi connectivity index (χ0) is 17.6. The van der Waals surface area contributed by atoms with Crippen LogP contribution in [-0.4, -0.2) is 42.2 Å². The van der Waals surface area contributed by atoms with Gasteiger partial charge in [-0.15, -0.1) is 0 Å². The molecule has 0 unspecified atom stereocenters. The Morgan fingerprint density at radius 3 is 2.80 bits per heavy atom. The number of aryl methyl sites for hydroxylation is 1. The van der Waals surface area contributed by atoms with Crippen LogP contribution in [0.2, 0.25) is 5.02 Å². The normalized spacial score (nSPS) is 14.4. The van der Waals surface area contributed by atoms with E-state index in [4.69, 9.17) is 16.3 Å². The molecule has 2 aromatic rings. The number of ether oxygens (including phenoxy) is 1. The summed E-state index contributed by atoms with van der Waals surface area (Å²) in [4.78, 5) is 23.3. The van der Waals surface area contributed by atoms with Crippen molar-refractivity contribution in [1.82, 2.24) is 15.3 Å². The van der Waals surface area contributed by atoms with E-state index in [0.29, 0.717) is 30.7 Å². The predicted octanol–water partition coefficient (Wildman–Crippen LogP) is 2.13. The predicted molar refractivity (Wildman–Crippen MR) is 96.8 cm³/mol. The monoisotopic (exact) mass is 360 g/mol. The molecule has 1 aliphatic heterocycles. The molecule has 0 aliphatic carbocycles. The van der Waals surface area contributed by atoms with Crippen LogP contribution in [0.3, 0.4) is 0 Å². The number of carbonyl (C=O) groups excluding carboxylic acids is 1. The van der Waals surface area contributed by atoms with E-state index in [1.165, 1.54) is 0 Å². The standard InChI is InChI=1S/C18H21ClN4O2/c1-13-10-15(22-18(21-13)23-6-8-25-9-7-23)12-20-17(24)11-14-4-2-3-5-16(14)19/h2-5,10H,6-9,11-12H2,1H3,(H,20,24). The van der Waals surface area contributed by atoms with Crippen molar-refractivity contribution in [3.63, 3.8) is 0 Å². The molecular formula is C18H21ClN4O2. The Morgan fingerprint density at radius 2 is 2.04 bits per heavy atom. The van der Waals surface area contributed by atoms with Gasteiger partial charge in [0.25, 0.3) is 0 Å². The lowest BCUT2D eigenvalue weighted by Crippen LogP contribution is -2.37. The van der Waals surface area contributed by atoms with Crippen molar-refractivity contribution >= 4 is 23.5 Å². The Hall–Kier alpha value is -2.18. The largest absolute Gasteiger partial charge is 0.378 e. The zero-order valence-electron chi connectivity index (χ0n) is 14.2. The molecule has 1 amide bonds. The van der Waals surface area contributed by atoms with E-state index in [1.807, 2.05) is 31.2 Å². The van der Waals surface area contributed by atoms with Crippen LogP contribution >= 0.6 is 11.6 Å². The minimum atomic E-state index is -0.0858. The van der Waals surface area contributed by atoms with Gasteiger partial charge in [-0.2, -0.15) is 0 Å². The average molecular weight is 361 g/mol. The number of nitrogens with one attached hydrogen (secondary N) is 1. The summed E-state index contributed by atoms with van der Waals surface area (Å²) in [5, 5.41) is 3.50. The number of carbonyl (C=O) groups is 1. The Balaban J connectivity index is 1.61. The van der Waals surface area contributed by atoms with Crippen molar-refractivity contribution in [3.8, 4) is 0 Å². The highest BCUT2D eigenvalue weighted by Gasteiger charge is 2.15. The Labute approximate surface area is 152 Å². The van der Waals surface area contributed by atoms with E-state index in [2.05, 4.69) is 20.2 Å². The number of rotatable bonds is 5. The van der Waals surface area contributed by atoms with Gasteiger partial charge in [-0.25, -0.2) is 9.97 Å². The highest BCUT2D eigenvalue weighted by atomic mass is 35.5. The molecule has 1 fully saturated rings. The van der Waals surface area contributed by atoms with E-state index >= 15 is 0 Å². The third kappa shape index (κ3) is 4.90. The summed E-state index contributed by atoms with van der Waals surface area (Å²) in [6.45, 7) is 5.22. The minimum absolute atomic E-state index is 0.0858. The lowest BCUT2D eigenvalue weighted by Gasteiger charge is -2.27. The number of amides is 1. The molecule has 0 bridgehead atoms. The minimum Gasteiger partial charge on any atom is -0.378 e. The number of anilines is 1. The molecule has 1 aliphatic rings. The summed E-state index contributed by atoms with van der Waals surface area (Å²) < 4.78 is 5.36. The fourth-order valence-electron chi connectivity index (χ4n) is 2.68. The topological polar surface area (TPSA) is 67.4 Å². The van der Waals surface area contributed by atoms with Crippen LogP contribution in [0, 0.1) is 6.92 Å². The molecule has 3 rings (SSSR count). The van der Waals surface area contributed by atoms with Gasteiger partial charge in [0.2, 0.25) is 11.9 Å². The van der Waals surface area contributed by atoms with E-state index < -0.39 is 0 Å². The summed E-state index contributed by atoms with van der Waals surface area (Å²) in [7, 11) is 0. The molecule has 1 aromatic heterocycles. The maximum absolute atomic E-state index is 12.2. The van der Waals surface area contributed by atoms with Gasteiger partial charge in [-0.3, -0.25) is 4.79 Å². The lowest BCUT2D eigenvalue weighted by atomic mass is 10.1. The molecule has 7 heteroatoms. The van der Waals surface area contributed by atoms with Gasteiger partial charge in [0, 0.05) is 23.8 Å². The maximum Gasteiger partial charge on any atom is 0.225 e. The first-order valence-corrected chi connectivity index (χ1v) is 8.67. The van der Waals surface area contributed by atoms with Crippen molar-refractivity contribution in [2.75, 3.05) is 31.2 Å². The van der Waals surface area contributed by atoms with Gasteiger partial charge in [0.15, 0.2) is 0 Å². The number of morpholine rings is 1. The van der Waals surface area contributed by atoms with Crippen LogP contribution in [0.15, 0.2) is 30.3 Å². The molecule has 1 saturated heterocycles. The zero-order valence-corrected chi connectivity index (χ0v) is 14.9. The van der Waals surface area contributed by atoms with Crippen molar-refractivity contribution in [2.45, 2.75) is 19.9 Å². The molecule has 25 heavy (non-hydrogen) atoms. The fraction of sp³-hybridized carbons (Fsp3) is 0.389. The van der Waals surface area contributed by atoms with Crippen LogP contribution in [0.1, 0.15) is 17.0 Å². The van der Waals surface area contributed by atoms with Gasteiger partial charge >= 0.3 is 0 Å². The van der Waals surface area contributed by atoms with Gasteiger partial charge in [0.05, 0.1) is 31.9 Å². The van der Waals surface area contributed by atoms with Gasteiger partial charge in [0.1, 0.15) is 0 Å². The van der Waals surface area contributed by atoms with Crippen molar-refractivity contribution in [2.24, 2.45) is 0 Å². The van der Waals surface area contributed by atoms with Crippen LogP contribution in [0.5, 0.6) is 0 Å². The Morgan fingerprint density at radius 1 is 1.28 bits per heavy atom. The van der Waals surface area contributed by atoms with Gasteiger partial charge in [-0.05, 0) is 24.6 Å². The molecule has 132 valence electrons. The smallest absolute Gasteiger partial charge is 0.225 e. The average Bonchev–Trinajstić information content (AvgIpc) is 2.62. The number of aromatic nitrogens is 2. The summed E-state index contributed by atoms with van der Waals surface area (Å²) in [6.07, 6.45) is 0.250. The molecule has 0 spiro atoms. The molecule has 6 nitrogen and oxygen atoms in total. The summed E-state index contributed by atoms with van der Waals surface area (Å²) in [6, 6.07) is 9.25. The van der Waals surface area contributed by atoms with Crippen molar-refractivity contribution < 1.29 is 9.53 Å². The van der Waals surface area contributed by atoms with Crippen LogP contribution in [-0.2, 0) is 22.5 Å². The molecular weight excluding hydrogens is 340 g/mol. The van der Waals surface area contributed by atoms with Crippen LogP contribution in [0.4, 0.5) is 5.95 Å². The lowest BCUT2D eigenvalue weighted by molar-refractivity contribution is -0.120. The first-order chi connectivity index (χ1) is 12.1. The first kappa shape index (κ1) is 17.6. The van der Waals surface area contributed by atoms with E-state index in [-0.39, 0.29) is 12.3 Å². The van der Waals surface area contributed by atoms with E-state index in [1.54, 1.807) is 6.07 Å².